The van der Waals surface area contributed by atoms with Crippen molar-refractivity contribution in [2.24, 2.45) is 11.8 Å². The fraction of sp³-hybridized carbons (Fsp3) is 0.905. The number of ether oxygens (including phenoxy) is 3. The Labute approximate surface area is 167 Å². The summed E-state index contributed by atoms with van der Waals surface area (Å²) < 4.78 is 17.4. The molecule has 28 heavy (non-hydrogen) atoms. The minimum atomic E-state index is -0.847. The second kappa shape index (κ2) is 10.6. The van der Waals surface area contributed by atoms with Gasteiger partial charge >= 0.3 is 11.9 Å². The van der Waals surface area contributed by atoms with E-state index in [1.165, 1.54) is 0 Å². The van der Waals surface area contributed by atoms with E-state index in [4.69, 9.17) is 19.3 Å². The lowest BCUT2D eigenvalue weighted by Gasteiger charge is -2.23. The molecule has 0 amide bonds. The zero-order valence-corrected chi connectivity index (χ0v) is 17.5. The van der Waals surface area contributed by atoms with Crippen molar-refractivity contribution in [2.75, 3.05) is 0 Å². The van der Waals surface area contributed by atoms with Crippen LogP contribution in [0.1, 0.15) is 72.6 Å². The Morgan fingerprint density at radius 2 is 1.50 bits per heavy atom. The van der Waals surface area contributed by atoms with Gasteiger partial charge in [-0.15, -0.1) is 0 Å². The number of aliphatic hydroxyl groups is 1. The predicted octanol–water partition coefficient (Wildman–Crippen LogP) is 2.92. The van der Waals surface area contributed by atoms with E-state index < -0.39 is 11.9 Å². The fourth-order valence-corrected chi connectivity index (χ4v) is 4.05. The Hall–Kier alpha value is -1.18. The first-order chi connectivity index (χ1) is 13.2. The van der Waals surface area contributed by atoms with E-state index >= 15 is 0 Å². The molecule has 2 rings (SSSR count). The number of hydrogen-bond donors (Lipinski definition) is 2. The van der Waals surface area contributed by atoms with Gasteiger partial charge in [0.25, 0.3) is 0 Å². The summed E-state index contributed by atoms with van der Waals surface area (Å²) in [6, 6.07) is 0. The van der Waals surface area contributed by atoms with Gasteiger partial charge in [-0.3, -0.25) is 9.59 Å². The van der Waals surface area contributed by atoms with Gasteiger partial charge in [-0.25, -0.2) is 0 Å². The minimum absolute atomic E-state index is 0.00710. The molecule has 2 heterocycles. The highest BCUT2D eigenvalue weighted by molar-refractivity contribution is 5.73. The van der Waals surface area contributed by atoms with Gasteiger partial charge in [-0.1, -0.05) is 6.92 Å². The van der Waals surface area contributed by atoms with Crippen molar-refractivity contribution in [1.29, 1.82) is 0 Å². The molecule has 0 radical (unpaired) electrons. The number of carbonyl (C=O) groups excluding carboxylic acids is 1. The van der Waals surface area contributed by atoms with Crippen molar-refractivity contribution in [2.45, 2.75) is 109 Å². The molecule has 162 valence electrons. The summed E-state index contributed by atoms with van der Waals surface area (Å²) in [5.41, 5.74) is 0. The smallest absolute Gasteiger partial charge is 0.311 e. The quantitative estimate of drug-likeness (QED) is 0.544. The van der Waals surface area contributed by atoms with E-state index in [9.17, 15) is 14.7 Å². The van der Waals surface area contributed by atoms with Crippen LogP contribution in [0.15, 0.2) is 0 Å². The molecule has 0 aromatic rings. The highest BCUT2D eigenvalue weighted by Crippen LogP contribution is 2.31. The molecule has 7 nitrogen and oxygen atoms in total. The zero-order chi connectivity index (χ0) is 20.8. The molecule has 2 N–H and O–H groups in total. The lowest BCUT2D eigenvalue weighted by molar-refractivity contribution is -0.159. The van der Waals surface area contributed by atoms with Gasteiger partial charge in [0, 0.05) is 6.42 Å². The SMILES string of the molecule is CC[C@@H](O)C[C@H]1CC[C@@H]([C@H](C)C(=O)O[C@H](C)C[C@H]2CC[C@@H]([C@H](C)C(=O)O)O2)O1. The molecular formula is C21H36O7. The Kier molecular flexibility index (Phi) is 8.71. The van der Waals surface area contributed by atoms with Crippen LogP contribution in [-0.2, 0) is 23.8 Å². The summed E-state index contributed by atoms with van der Waals surface area (Å²) in [5, 5.41) is 18.9. The first kappa shape index (κ1) is 23.1. The fourth-order valence-electron chi connectivity index (χ4n) is 4.05. The van der Waals surface area contributed by atoms with Crippen molar-refractivity contribution < 1.29 is 34.0 Å². The number of aliphatic hydroxyl groups excluding tert-OH is 1. The molecule has 2 aliphatic rings. The highest BCUT2D eigenvalue weighted by atomic mass is 16.6. The predicted molar refractivity (Wildman–Crippen MR) is 103 cm³/mol. The number of carboxylic acids is 1. The molecule has 2 saturated heterocycles. The lowest BCUT2D eigenvalue weighted by Crippen LogP contribution is -2.32. The van der Waals surface area contributed by atoms with Crippen molar-refractivity contribution >= 4 is 11.9 Å². The maximum Gasteiger partial charge on any atom is 0.311 e. The normalized spacial score (nSPS) is 31.9. The van der Waals surface area contributed by atoms with Gasteiger partial charge in [0.2, 0.25) is 0 Å². The minimum Gasteiger partial charge on any atom is -0.481 e. The molecule has 2 fully saturated rings. The molecule has 0 aromatic carbocycles. The largest absolute Gasteiger partial charge is 0.481 e. The molecule has 0 bridgehead atoms. The second-order valence-electron chi connectivity index (χ2n) is 8.44. The summed E-state index contributed by atoms with van der Waals surface area (Å²) in [6.07, 6.45) is 3.88. The maximum absolute atomic E-state index is 12.5. The third-order valence-electron chi connectivity index (χ3n) is 6.08. The summed E-state index contributed by atoms with van der Waals surface area (Å²) in [4.78, 5) is 23.6. The molecule has 7 heteroatoms. The van der Waals surface area contributed by atoms with E-state index in [0.717, 1.165) is 25.7 Å². The number of hydrogen-bond acceptors (Lipinski definition) is 6. The molecule has 0 aromatic heterocycles. The zero-order valence-electron chi connectivity index (χ0n) is 17.5. The van der Waals surface area contributed by atoms with Crippen LogP contribution >= 0.6 is 0 Å². The van der Waals surface area contributed by atoms with Crippen LogP contribution in [0.25, 0.3) is 0 Å². The van der Waals surface area contributed by atoms with Crippen LogP contribution in [0.2, 0.25) is 0 Å². The van der Waals surface area contributed by atoms with Crippen LogP contribution in [0.5, 0.6) is 0 Å². The Bertz CT molecular complexity index is 523. The van der Waals surface area contributed by atoms with Gasteiger partial charge in [0.15, 0.2) is 0 Å². The first-order valence-corrected chi connectivity index (χ1v) is 10.6. The van der Waals surface area contributed by atoms with Crippen LogP contribution in [0, 0.1) is 11.8 Å². The standard InChI is InChI=1S/C21H36O7/c1-5-15(22)11-17-7-9-19(28-17)14(4)21(25)26-12(2)10-16-6-8-18(27-16)13(3)20(23)24/h12-19,22H,5-11H2,1-4H3,(H,23,24)/t12-,13+,14+,15-,16-,17-,18+,19+/m1/s1. The molecular weight excluding hydrogens is 364 g/mol. The van der Waals surface area contributed by atoms with Crippen molar-refractivity contribution in [3.05, 3.63) is 0 Å². The van der Waals surface area contributed by atoms with Gasteiger partial charge in [-0.2, -0.15) is 0 Å². The monoisotopic (exact) mass is 400 g/mol. The van der Waals surface area contributed by atoms with Crippen molar-refractivity contribution in [1.82, 2.24) is 0 Å². The lowest BCUT2D eigenvalue weighted by atomic mass is 10.0. The van der Waals surface area contributed by atoms with Crippen LogP contribution in [0.4, 0.5) is 0 Å². The number of carboxylic acid groups (broad SMARTS) is 1. The van der Waals surface area contributed by atoms with E-state index in [0.29, 0.717) is 19.3 Å². The maximum atomic E-state index is 12.5. The van der Waals surface area contributed by atoms with Crippen LogP contribution in [0.3, 0.4) is 0 Å². The number of aliphatic carboxylic acids is 1. The van der Waals surface area contributed by atoms with Gasteiger partial charge in [0.1, 0.15) is 6.10 Å². The number of rotatable bonds is 10. The molecule has 0 spiro atoms. The molecule has 8 atom stereocenters. The summed E-state index contributed by atoms with van der Waals surface area (Å²) in [6.45, 7) is 7.28. The number of esters is 1. The molecule has 0 unspecified atom stereocenters. The summed E-state index contributed by atoms with van der Waals surface area (Å²) in [7, 11) is 0. The Morgan fingerprint density at radius 1 is 0.964 bits per heavy atom. The van der Waals surface area contributed by atoms with Crippen molar-refractivity contribution in [3.8, 4) is 0 Å². The van der Waals surface area contributed by atoms with E-state index in [-0.39, 0.29) is 48.5 Å². The third-order valence-corrected chi connectivity index (χ3v) is 6.08. The number of carbonyl (C=O) groups is 2. The summed E-state index contributed by atoms with van der Waals surface area (Å²) >= 11 is 0. The van der Waals surface area contributed by atoms with Gasteiger partial charge in [0.05, 0.1) is 42.4 Å². The van der Waals surface area contributed by atoms with E-state index in [1.807, 2.05) is 20.8 Å². The molecule has 0 saturated carbocycles. The third kappa shape index (κ3) is 6.42. The van der Waals surface area contributed by atoms with Gasteiger partial charge in [-0.05, 0) is 59.3 Å². The Balaban J connectivity index is 1.73. The Morgan fingerprint density at radius 3 is 2.04 bits per heavy atom. The average molecular weight is 401 g/mol. The van der Waals surface area contributed by atoms with Crippen molar-refractivity contribution in [3.63, 3.8) is 0 Å². The molecule has 0 aliphatic carbocycles. The second-order valence-corrected chi connectivity index (χ2v) is 8.44. The highest BCUT2D eigenvalue weighted by Gasteiger charge is 2.36. The topological polar surface area (TPSA) is 102 Å². The van der Waals surface area contributed by atoms with Crippen LogP contribution in [-0.4, -0.2) is 58.8 Å². The average Bonchev–Trinajstić information content (AvgIpc) is 3.29. The van der Waals surface area contributed by atoms with Crippen LogP contribution < -0.4 is 0 Å². The first-order valence-electron chi connectivity index (χ1n) is 10.6. The van der Waals surface area contributed by atoms with E-state index in [2.05, 4.69) is 0 Å². The van der Waals surface area contributed by atoms with E-state index in [1.54, 1.807) is 6.92 Å². The van der Waals surface area contributed by atoms with Gasteiger partial charge < -0.3 is 24.4 Å². The molecule has 2 aliphatic heterocycles. The summed E-state index contributed by atoms with van der Waals surface area (Å²) in [5.74, 6) is -2.00.